The summed E-state index contributed by atoms with van der Waals surface area (Å²) in [6.07, 6.45) is 9.15. The van der Waals surface area contributed by atoms with Crippen molar-refractivity contribution >= 4 is 21.8 Å². The molecular formula is C27H29N7. The van der Waals surface area contributed by atoms with Crippen LogP contribution in [-0.4, -0.2) is 38.0 Å². The SMILES string of the molecule is NCCCCc1ncc(-c2ccc3cc(-c4cc5nc(C6CCCN6)[nH]c5cn4)ccc3c2)[nH]1. The second-order valence-electron chi connectivity index (χ2n) is 9.12. The molecule has 1 aliphatic heterocycles. The number of pyridine rings is 1. The number of nitrogens with zero attached hydrogens (tertiary/aromatic N) is 3. The highest BCUT2D eigenvalue weighted by Crippen LogP contribution is 2.29. The molecule has 1 unspecified atom stereocenters. The van der Waals surface area contributed by atoms with Gasteiger partial charge in [0, 0.05) is 17.5 Å². The molecule has 7 heteroatoms. The number of nitrogens with one attached hydrogen (secondary N) is 3. The van der Waals surface area contributed by atoms with Crippen LogP contribution in [0.5, 0.6) is 0 Å². The van der Waals surface area contributed by atoms with E-state index in [9.17, 15) is 0 Å². The molecule has 0 aliphatic carbocycles. The predicted octanol–water partition coefficient (Wildman–Crippen LogP) is 4.87. The van der Waals surface area contributed by atoms with E-state index in [1.165, 1.54) is 17.2 Å². The number of imidazole rings is 2. The highest BCUT2D eigenvalue weighted by atomic mass is 15.0. The van der Waals surface area contributed by atoms with Crippen molar-refractivity contribution in [2.75, 3.05) is 13.1 Å². The van der Waals surface area contributed by atoms with Gasteiger partial charge in [-0.05, 0) is 67.7 Å². The molecule has 1 saturated heterocycles. The number of aromatic amines is 2. The summed E-state index contributed by atoms with van der Waals surface area (Å²) < 4.78 is 0. The number of fused-ring (bicyclic) bond motifs is 2. The average Bonchev–Trinajstić information content (AvgIpc) is 3.64. The summed E-state index contributed by atoms with van der Waals surface area (Å²) in [6.45, 7) is 1.78. The summed E-state index contributed by atoms with van der Waals surface area (Å²) in [4.78, 5) is 21.0. The van der Waals surface area contributed by atoms with E-state index in [2.05, 4.69) is 62.7 Å². The molecule has 4 heterocycles. The van der Waals surface area contributed by atoms with E-state index in [0.29, 0.717) is 6.04 Å². The maximum Gasteiger partial charge on any atom is 0.124 e. The van der Waals surface area contributed by atoms with E-state index in [4.69, 9.17) is 15.7 Å². The zero-order valence-corrected chi connectivity index (χ0v) is 19.1. The molecule has 1 atom stereocenters. The predicted molar refractivity (Wildman–Crippen MR) is 136 cm³/mol. The van der Waals surface area contributed by atoms with E-state index < -0.39 is 0 Å². The lowest BCUT2D eigenvalue weighted by molar-refractivity contribution is 0.614. The molecule has 3 aromatic heterocycles. The summed E-state index contributed by atoms with van der Waals surface area (Å²) in [6, 6.07) is 15.4. The molecular weight excluding hydrogens is 422 g/mol. The Morgan fingerprint density at radius 2 is 1.76 bits per heavy atom. The fourth-order valence-electron chi connectivity index (χ4n) is 4.82. The fourth-order valence-corrected chi connectivity index (χ4v) is 4.82. The molecule has 0 bridgehead atoms. The lowest BCUT2D eigenvalue weighted by atomic mass is 10.0. The van der Waals surface area contributed by atoms with Crippen LogP contribution in [0.1, 0.15) is 43.4 Å². The van der Waals surface area contributed by atoms with Crippen molar-refractivity contribution in [3.8, 4) is 22.5 Å². The summed E-state index contributed by atoms with van der Waals surface area (Å²) in [7, 11) is 0. The Bertz CT molecular complexity index is 1440. The molecule has 5 N–H and O–H groups in total. The summed E-state index contributed by atoms with van der Waals surface area (Å²) in [5.74, 6) is 2.03. The van der Waals surface area contributed by atoms with Crippen molar-refractivity contribution in [1.82, 2.24) is 30.2 Å². The number of unbranched alkanes of at least 4 members (excludes halogenated alkanes) is 1. The van der Waals surface area contributed by atoms with Gasteiger partial charge in [0.2, 0.25) is 0 Å². The minimum atomic E-state index is 0.322. The largest absolute Gasteiger partial charge is 0.342 e. The van der Waals surface area contributed by atoms with Crippen LogP contribution in [0.4, 0.5) is 0 Å². The van der Waals surface area contributed by atoms with Crippen molar-refractivity contribution in [2.24, 2.45) is 5.73 Å². The first-order valence-electron chi connectivity index (χ1n) is 12.1. The Hall–Kier alpha value is -3.55. The van der Waals surface area contributed by atoms with Crippen molar-refractivity contribution in [2.45, 2.75) is 38.1 Å². The smallest absolute Gasteiger partial charge is 0.124 e. The highest BCUT2D eigenvalue weighted by molar-refractivity contribution is 5.91. The molecule has 7 nitrogen and oxygen atoms in total. The molecule has 0 amide bonds. The van der Waals surface area contributed by atoms with Gasteiger partial charge in [-0.15, -0.1) is 0 Å². The van der Waals surface area contributed by atoms with Gasteiger partial charge in [-0.1, -0.05) is 24.3 Å². The molecule has 0 spiro atoms. The van der Waals surface area contributed by atoms with Gasteiger partial charge in [0.1, 0.15) is 11.6 Å². The number of hydrogen-bond acceptors (Lipinski definition) is 5. The van der Waals surface area contributed by atoms with Gasteiger partial charge in [-0.3, -0.25) is 4.98 Å². The van der Waals surface area contributed by atoms with Crippen LogP contribution in [0, 0.1) is 0 Å². The van der Waals surface area contributed by atoms with Crippen LogP contribution >= 0.6 is 0 Å². The highest BCUT2D eigenvalue weighted by Gasteiger charge is 2.19. The first-order chi connectivity index (χ1) is 16.8. The van der Waals surface area contributed by atoms with Crippen LogP contribution in [-0.2, 0) is 6.42 Å². The molecule has 5 aromatic rings. The standard InChI is InChI=1S/C27H29N7/c28-10-2-1-5-26-31-15-24(32-26)20-9-7-17-12-19(8-6-18(17)13-20)22-14-23-25(16-30-22)34-27(33-23)21-4-3-11-29-21/h6-9,12-16,21,29H,1-5,10-11,28H2,(H,31,32)(H,33,34). The lowest BCUT2D eigenvalue weighted by Gasteiger charge is -2.06. The van der Waals surface area contributed by atoms with Crippen LogP contribution in [0.2, 0.25) is 0 Å². The number of benzene rings is 2. The van der Waals surface area contributed by atoms with Gasteiger partial charge in [0.15, 0.2) is 0 Å². The normalized spacial score (nSPS) is 16.1. The number of hydrogen-bond donors (Lipinski definition) is 4. The maximum absolute atomic E-state index is 5.60. The van der Waals surface area contributed by atoms with E-state index >= 15 is 0 Å². The van der Waals surface area contributed by atoms with E-state index in [0.717, 1.165) is 84.0 Å². The summed E-state index contributed by atoms with van der Waals surface area (Å²) in [5, 5.41) is 5.88. The summed E-state index contributed by atoms with van der Waals surface area (Å²) in [5.41, 5.74) is 11.8. The van der Waals surface area contributed by atoms with Gasteiger partial charge in [0.25, 0.3) is 0 Å². The monoisotopic (exact) mass is 451 g/mol. The fraction of sp³-hybridized carbons (Fsp3) is 0.296. The summed E-state index contributed by atoms with van der Waals surface area (Å²) >= 11 is 0. The second kappa shape index (κ2) is 9.00. The molecule has 1 aliphatic rings. The van der Waals surface area contributed by atoms with Crippen LogP contribution in [0.25, 0.3) is 44.3 Å². The Morgan fingerprint density at radius 1 is 0.912 bits per heavy atom. The molecule has 34 heavy (non-hydrogen) atoms. The van der Waals surface area contributed by atoms with E-state index in [1.807, 2.05) is 12.4 Å². The van der Waals surface area contributed by atoms with Gasteiger partial charge in [-0.2, -0.15) is 0 Å². The van der Waals surface area contributed by atoms with Crippen molar-refractivity contribution in [1.29, 1.82) is 0 Å². The molecule has 0 saturated carbocycles. The number of nitrogens with two attached hydrogens (primary N) is 1. The number of aromatic nitrogens is 5. The Balaban J connectivity index is 1.26. The van der Waals surface area contributed by atoms with Crippen LogP contribution < -0.4 is 11.1 Å². The number of rotatable bonds is 7. The van der Waals surface area contributed by atoms with Crippen molar-refractivity contribution in [3.63, 3.8) is 0 Å². The number of H-pyrrole nitrogens is 2. The van der Waals surface area contributed by atoms with Crippen molar-refractivity contribution < 1.29 is 0 Å². The Morgan fingerprint density at radius 3 is 2.59 bits per heavy atom. The van der Waals surface area contributed by atoms with Gasteiger partial charge < -0.3 is 21.0 Å². The first-order valence-corrected chi connectivity index (χ1v) is 12.1. The molecule has 0 radical (unpaired) electrons. The minimum absolute atomic E-state index is 0.322. The van der Waals surface area contributed by atoms with Crippen LogP contribution in [0.3, 0.4) is 0 Å². The number of aryl methyl sites for hydroxylation is 1. The molecule has 2 aromatic carbocycles. The first kappa shape index (κ1) is 21.0. The topological polar surface area (TPSA) is 108 Å². The zero-order chi connectivity index (χ0) is 22.9. The Kier molecular flexibility index (Phi) is 5.57. The molecule has 172 valence electrons. The molecule has 6 rings (SSSR count). The lowest BCUT2D eigenvalue weighted by Crippen LogP contribution is -2.13. The van der Waals surface area contributed by atoms with Gasteiger partial charge >= 0.3 is 0 Å². The second-order valence-corrected chi connectivity index (χ2v) is 9.12. The Labute approximate surface area is 198 Å². The quantitative estimate of drug-likeness (QED) is 0.264. The zero-order valence-electron chi connectivity index (χ0n) is 19.1. The maximum atomic E-state index is 5.60. The van der Waals surface area contributed by atoms with Crippen molar-refractivity contribution in [3.05, 3.63) is 66.5 Å². The van der Waals surface area contributed by atoms with E-state index in [-0.39, 0.29) is 0 Å². The minimum Gasteiger partial charge on any atom is -0.342 e. The molecule has 1 fully saturated rings. The third-order valence-corrected chi connectivity index (χ3v) is 6.72. The average molecular weight is 452 g/mol. The van der Waals surface area contributed by atoms with Gasteiger partial charge in [0.05, 0.1) is 40.9 Å². The van der Waals surface area contributed by atoms with E-state index in [1.54, 1.807) is 0 Å². The van der Waals surface area contributed by atoms with Crippen LogP contribution in [0.15, 0.2) is 54.9 Å². The third-order valence-electron chi connectivity index (χ3n) is 6.72. The van der Waals surface area contributed by atoms with Gasteiger partial charge in [-0.25, -0.2) is 9.97 Å². The third kappa shape index (κ3) is 4.08.